The highest BCUT2D eigenvalue weighted by atomic mass is 14.9. The molecule has 0 heterocycles. The minimum absolute atomic E-state index is 0.551. The molecule has 0 radical (unpaired) electrons. The summed E-state index contributed by atoms with van der Waals surface area (Å²) < 4.78 is 0. The van der Waals surface area contributed by atoms with Crippen LogP contribution in [0.5, 0.6) is 0 Å². The Balaban J connectivity index is 1.63. The average Bonchev–Trinajstić information content (AvgIpc) is 2.53. The van der Waals surface area contributed by atoms with Crippen LogP contribution in [-0.2, 0) is 19.4 Å². The van der Waals surface area contributed by atoms with E-state index in [0.717, 1.165) is 18.5 Å². The Morgan fingerprint density at radius 2 is 2.00 bits per heavy atom. The number of fused-ring (bicyclic) bond motifs is 1. The molecule has 3 rings (SSSR count). The Hall–Kier alpha value is -2.11. The van der Waals surface area contributed by atoms with Crippen molar-refractivity contribution in [3.05, 3.63) is 70.3 Å². The molecule has 106 valence electrons. The fraction of sp³-hybridized carbons (Fsp3) is 0.316. The van der Waals surface area contributed by atoms with Crippen molar-refractivity contribution in [3.8, 4) is 6.07 Å². The summed E-state index contributed by atoms with van der Waals surface area (Å²) in [5.41, 5.74) is 6.20. The number of nitriles is 1. The molecule has 0 bridgehead atoms. The molecule has 0 aliphatic heterocycles. The monoisotopic (exact) mass is 276 g/mol. The van der Waals surface area contributed by atoms with Gasteiger partial charge in [0.1, 0.15) is 0 Å². The lowest BCUT2D eigenvalue weighted by Gasteiger charge is -2.26. The van der Waals surface area contributed by atoms with Gasteiger partial charge in [-0.1, -0.05) is 30.3 Å². The van der Waals surface area contributed by atoms with Crippen molar-refractivity contribution in [1.82, 2.24) is 5.32 Å². The topological polar surface area (TPSA) is 35.8 Å². The highest BCUT2D eigenvalue weighted by Crippen LogP contribution is 2.21. The second kappa shape index (κ2) is 6.11. The Morgan fingerprint density at radius 1 is 1.19 bits per heavy atom. The smallest absolute Gasteiger partial charge is 0.0991 e. The molecule has 1 aliphatic carbocycles. The molecule has 1 atom stereocenters. The summed E-state index contributed by atoms with van der Waals surface area (Å²) in [5.74, 6) is 0. The van der Waals surface area contributed by atoms with E-state index in [4.69, 9.17) is 5.26 Å². The van der Waals surface area contributed by atoms with Crippen molar-refractivity contribution in [2.24, 2.45) is 0 Å². The molecular formula is C19H20N2. The molecule has 2 heteroatoms. The molecule has 0 saturated heterocycles. The minimum atomic E-state index is 0.551. The van der Waals surface area contributed by atoms with E-state index in [1.165, 1.54) is 35.1 Å². The number of nitrogens with one attached hydrogen (secondary N) is 1. The van der Waals surface area contributed by atoms with Gasteiger partial charge in [0, 0.05) is 12.6 Å². The molecule has 1 unspecified atom stereocenters. The van der Waals surface area contributed by atoms with Crippen LogP contribution in [0.15, 0.2) is 42.5 Å². The van der Waals surface area contributed by atoms with Gasteiger partial charge in [0.25, 0.3) is 0 Å². The maximum absolute atomic E-state index is 8.91. The van der Waals surface area contributed by atoms with Gasteiger partial charge in [-0.05, 0) is 60.6 Å². The molecule has 0 fully saturated rings. The maximum atomic E-state index is 8.91. The van der Waals surface area contributed by atoms with E-state index in [0.29, 0.717) is 6.04 Å². The van der Waals surface area contributed by atoms with Gasteiger partial charge in [-0.3, -0.25) is 0 Å². The quantitative estimate of drug-likeness (QED) is 0.931. The van der Waals surface area contributed by atoms with Gasteiger partial charge < -0.3 is 5.32 Å². The van der Waals surface area contributed by atoms with Gasteiger partial charge in [-0.25, -0.2) is 0 Å². The lowest BCUT2D eigenvalue weighted by Crippen LogP contribution is -2.34. The molecule has 0 aromatic heterocycles. The van der Waals surface area contributed by atoms with Crippen molar-refractivity contribution in [2.45, 2.75) is 38.8 Å². The molecule has 21 heavy (non-hydrogen) atoms. The van der Waals surface area contributed by atoms with Gasteiger partial charge in [0.05, 0.1) is 11.6 Å². The lowest BCUT2D eigenvalue weighted by atomic mass is 9.88. The van der Waals surface area contributed by atoms with Crippen LogP contribution in [0.1, 0.15) is 34.2 Å². The highest BCUT2D eigenvalue weighted by Gasteiger charge is 2.17. The Bertz CT molecular complexity index is 682. The summed E-state index contributed by atoms with van der Waals surface area (Å²) in [7, 11) is 0. The number of rotatable bonds is 3. The second-order valence-corrected chi connectivity index (χ2v) is 5.84. The number of aryl methyl sites for hydroxylation is 2. The SMILES string of the molecule is Cc1cc(C#N)ccc1CNC1CCc2ccccc2C1. The Kier molecular flexibility index (Phi) is 4.03. The summed E-state index contributed by atoms with van der Waals surface area (Å²) in [4.78, 5) is 0. The van der Waals surface area contributed by atoms with Gasteiger partial charge in [-0.15, -0.1) is 0 Å². The average molecular weight is 276 g/mol. The van der Waals surface area contributed by atoms with E-state index in [1.54, 1.807) is 0 Å². The molecule has 0 amide bonds. The predicted octanol–water partition coefficient (Wildman–Crippen LogP) is 3.51. The summed E-state index contributed by atoms with van der Waals surface area (Å²) in [6.07, 6.45) is 3.48. The maximum Gasteiger partial charge on any atom is 0.0991 e. The molecule has 2 aromatic rings. The molecular weight excluding hydrogens is 256 g/mol. The van der Waals surface area contributed by atoms with Crippen LogP contribution in [-0.4, -0.2) is 6.04 Å². The van der Waals surface area contributed by atoms with E-state index in [2.05, 4.69) is 48.6 Å². The van der Waals surface area contributed by atoms with Crippen LogP contribution in [0.25, 0.3) is 0 Å². The van der Waals surface area contributed by atoms with Gasteiger partial charge >= 0.3 is 0 Å². The lowest BCUT2D eigenvalue weighted by molar-refractivity contribution is 0.457. The summed E-state index contributed by atoms with van der Waals surface area (Å²) in [6.45, 7) is 2.96. The fourth-order valence-electron chi connectivity index (χ4n) is 3.09. The van der Waals surface area contributed by atoms with Crippen LogP contribution < -0.4 is 5.32 Å². The second-order valence-electron chi connectivity index (χ2n) is 5.84. The molecule has 1 N–H and O–H groups in total. The fourth-order valence-corrected chi connectivity index (χ4v) is 3.09. The Morgan fingerprint density at radius 3 is 2.76 bits per heavy atom. The molecule has 0 spiro atoms. The van der Waals surface area contributed by atoms with Gasteiger partial charge in [-0.2, -0.15) is 5.26 Å². The minimum Gasteiger partial charge on any atom is -0.310 e. The van der Waals surface area contributed by atoms with Crippen molar-refractivity contribution < 1.29 is 0 Å². The normalized spacial score (nSPS) is 17.0. The first kappa shape index (κ1) is 13.9. The third-order valence-corrected chi connectivity index (χ3v) is 4.40. The van der Waals surface area contributed by atoms with Crippen LogP contribution in [0.2, 0.25) is 0 Å². The van der Waals surface area contributed by atoms with Crippen molar-refractivity contribution in [3.63, 3.8) is 0 Å². The predicted molar refractivity (Wildman–Crippen MR) is 85.0 cm³/mol. The first-order valence-corrected chi connectivity index (χ1v) is 7.56. The van der Waals surface area contributed by atoms with Crippen LogP contribution >= 0.6 is 0 Å². The third kappa shape index (κ3) is 3.15. The van der Waals surface area contributed by atoms with Crippen molar-refractivity contribution in [2.75, 3.05) is 0 Å². The zero-order valence-corrected chi connectivity index (χ0v) is 12.4. The molecule has 0 saturated carbocycles. The Labute approximate surface area is 126 Å². The van der Waals surface area contributed by atoms with E-state index in [1.807, 2.05) is 12.1 Å². The van der Waals surface area contributed by atoms with Gasteiger partial charge in [0.15, 0.2) is 0 Å². The van der Waals surface area contributed by atoms with E-state index in [9.17, 15) is 0 Å². The van der Waals surface area contributed by atoms with Crippen LogP contribution in [0.3, 0.4) is 0 Å². The van der Waals surface area contributed by atoms with Crippen molar-refractivity contribution >= 4 is 0 Å². The van der Waals surface area contributed by atoms with Crippen molar-refractivity contribution in [1.29, 1.82) is 5.26 Å². The van der Waals surface area contributed by atoms with Crippen LogP contribution in [0, 0.1) is 18.3 Å². The summed E-state index contributed by atoms with van der Waals surface area (Å²) in [6, 6.07) is 17.4. The van der Waals surface area contributed by atoms with E-state index >= 15 is 0 Å². The number of hydrogen-bond donors (Lipinski definition) is 1. The highest BCUT2D eigenvalue weighted by molar-refractivity contribution is 5.37. The first-order chi connectivity index (χ1) is 10.3. The van der Waals surface area contributed by atoms with Crippen LogP contribution in [0.4, 0.5) is 0 Å². The number of nitrogens with zero attached hydrogens (tertiary/aromatic N) is 1. The first-order valence-electron chi connectivity index (χ1n) is 7.56. The molecule has 2 aromatic carbocycles. The zero-order valence-electron chi connectivity index (χ0n) is 12.4. The van der Waals surface area contributed by atoms with E-state index < -0.39 is 0 Å². The van der Waals surface area contributed by atoms with E-state index in [-0.39, 0.29) is 0 Å². The standard InChI is InChI=1S/C19H20N2/c1-14-10-15(12-20)6-7-18(14)13-21-19-9-8-16-4-2-3-5-17(16)11-19/h2-7,10,19,21H,8-9,11,13H2,1H3. The molecule has 2 nitrogen and oxygen atoms in total. The van der Waals surface area contributed by atoms with Gasteiger partial charge in [0.2, 0.25) is 0 Å². The third-order valence-electron chi connectivity index (χ3n) is 4.40. The largest absolute Gasteiger partial charge is 0.310 e. The summed E-state index contributed by atoms with van der Waals surface area (Å²) >= 11 is 0. The number of benzene rings is 2. The number of hydrogen-bond acceptors (Lipinski definition) is 2. The summed E-state index contributed by atoms with van der Waals surface area (Å²) in [5, 5.41) is 12.6. The zero-order chi connectivity index (χ0) is 14.7. The molecule has 1 aliphatic rings.